The monoisotopic (exact) mass is 447 g/mol. The summed E-state index contributed by atoms with van der Waals surface area (Å²) in [5.74, 6) is -0.668. The molecule has 1 aliphatic heterocycles. The summed E-state index contributed by atoms with van der Waals surface area (Å²) in [6, 6.07) is 10.8. The summed E-state index contributed by atoms with van der Waals surface area (Å²) < 4.78 is 31.2. The van der Waals surface area contributed by atoms with Crippen molar-refractivity contribution in [3.8, 4) is 5.75 Å². The maximum atomic E-state index is 13.0. The molecule has 0 aliphatic carbocycles. The number of carbonyl (C=O) groups is 2. The van der Waals surface area contributed by atoms with Gasteiger partial charge in [-0.05, 0) is 49.7 Å². The molecule has 10 heteroatoms. The molecular formula is C21H25N3O6S. The van der Waals surface area contributed by atoms with Gasteiger partial charge in [0.25, 0.3) is 11.8 Å². The van der Waals surface area contributed by atoms with E-state index in [1.807, 2.05) is 25.1 Å². The van der Waals surface area contributed by atoms with E-state index in [-0.39, 0.29) is 17.3 Å². The molecule has 2 aromatic rings. The van der Waals surface area contributed by atoms with E-state index < -0.39 is 27.0 Å². The number of hydroxylamine groups is 1. The molecule has 0 fully saturated rings. The number of rotatable bonds is 6. The van der Waals surface area contributed by atoms with E-state index >= 15 is 0 Å². The van der Waals surface area contributed by atoms with Crippen LogP contribution in [0.4, 0.5) is 5.69 Å². The van der Waals surface area contributed by atoms with E-state index in [2.05, 4.69) is 5.32 Å². The van der Waals surface area contributed by atoms with E-state index in [9.17, 15) is 18.0 Å². The van der Waals surface area contributed by atoms with Gasteiger partial charge >= 0.3 is 0 Å². The minimum absolute atomic E-state index is 0.0506. The molecule has 3 N–H and O–H groups in total. The molecule has 0 saturated carbocycles. The number of anilines is 1. The first-order valence-electron chi connectivity index (χ1n) is 9.74. The van der Waals surface area contributed by atoms with Gasteiger partial charge in [0.2, 0.25) is 0 Å². The highest BCUT2D eigenvalue weighted by atomic mass is 32.2. The molecular weight excluding hydrogens is 422 g/mol. The number of hydrogen-bond donors (Lipinski definition) is 3. The fourth-order valence-electron chi connectivity index (χ4n) is 3.85. The summed E-state index contributed by atoms with van der Waals surface area (Å²) >= 11 is 0. The first-order chi connectivity index (χ1) is 14.7. The summed E-state index contributed by atoms with van der Waals surface area (Å²) in [7, 11) is -2.49. The molecule has 2 unspecified atom stereocenters. The molecule has 0 spiro atoms. The number of nitrogens with one attached hydrogen (secondary N) is 2. The zero-order valence-corrected chi connectivity index (χ0v) is 18.3. The number of benzene rings is 2. The van der Waals surface area contributed by atoms with Gasteiger partial charge in [-0.25, -0.2) is 13.9 Å². The van der Waals surface area contributed by atoms with Crippen LogP contribution in [0.3, 0.4) is 0 Å². The van der Waals surface area contributed by atoms with Crippen LogP contribution in [0.1, 0.15) is 29.8 Å². The molecule has 9 nitrogen and oxygen atoms in total. The van der Waals surface area contributed by atoms with E-state index in [4.69, 9.17) is 9.94 Å². The average molecular weight is 448 g/mol. The highest BCUT2D eigenvalue weighted by molar-refractivity contribution is 7.93. The Labute approximate surface area is 180 Å². The van der Waals surface area contributed by atoms with Gasteiger partial charge in [-0.3, -0.25) is 14.8 Å². The highest BCUT2D eigenvalue weighted by Gasteiger charge is 2.46. The molecule has 1 heterocycles. The number of methoxy groups -OCH3 is 1. The van der Waals surface area contributed by atoms with E-state index in [0.29, 0.717) is 23.5 Å². The molecule has 0 bridgehead atoms. The van der Waals surface area contributed by atoms with Crippen LogP contribution < -0.4 is 20.4 Å². The van der Waals surface area contributed by atoms with E-state index in [0.717, 1.165) is 5.56 Å². The Morgan fingerprint density at radius 3 is 2.58 bits per heavy atom. The van der Waals surface area contributed by atoms with Crippen LogP contribution in [0, 0.1) is 0 Å². The van der Waals surface area contributed by atoms with Crippen molar-refractivity contribution in [3.63, 3.8) is 0 Å². The summed E-state index contributed by atoms with van der Waals surface area (Å²) in [5, 5.41) is 10.4. The second kappa shape index (κ2) is 8.94. The summed E-state index contributed by atoms with van der Waals surface area (Å²) in [5.41, 5.74) is 2.96. The molecule has 1 aliphatic rings. The predicted octanol–water partition coefficient (Wildman–Crippen LogP) is 1.50. The molecule has 31 heavy (non-hydrogen) atoms. The molecule has 166 valence electrons. The zero-order valence-electron chi connectivity index (χ0n) is 17.5. The Morgan fingerprint density at radius 2 is 1.94 bits per heavy atom. The van der Waals surface area contributed by atoms with Gasteiger partial charge < -0.3 is 15.0 Å². The Hall–Kier alpha value is -3.11. The number of carbonyl (C=O) groups excluding carboxylic acids is 2. The molecule has 2 amide bonds. The number of fused-ring (bicyclic) bond motifs is 1. The van der Waals surface area contributed by atoms with Gasteiger partial charge in [-0.1, -0.05) is 12.1 Å². The van der Waals surface area contributed by atoms with Crippen molar-refractivity contribution in [2.24, 2.45) is 0 Å². The smallest absolute Gasteiger partial charge is 0.264 e. The Morgan fingerprint density at radius 1 is 1.19 bits per heavy atom. The van der Waals surface area contributed by atoms with Crippen LogP contribution in [0.15, 0.2) is 47.4 Å². The second-order valence-electron chi connectivity index (χ2n) is 7.18. The van der Waals surface area contributed by atoms with Crippen molar-refractivity contribution in [2.75, 3.05) is 18.6 Å². The van der Waals surface area contributed by atoms with Gasteiger partial charge in [0, 0.05) is 18.7 Å². The topological polar surface area (TPSA) is 125 Å². The minimum atomic E-state index is -4.05. The Balaban J connectivity index is 1.90. The third kappa shape index (κ3) is 4.21. The van der Waals surface area contributed by atoms with Crippen molar-refractivity contribution in [2.45, 2.75) is 36.6 Å². The average Bonchev–Trinajstić information content (AvgIpc) is 2.77. The molecule has 0 radical (unpaired) electrons. The third-order valence-corrected chi connectivity index (χ3v) is 7.63. The molecule has 3 rings (SSSR count). The SMILES string of the molecule is CCN1c2cc(C(=O)NCc3cccc(OC)c3)ccc2S(=O)(=O)C(C(=O)NO)C1C. The summed E-state index contributed by atoms with van der Waals surface area (Å²) in [6.07, 6.45) is 0. The number of sulfone groups is 1. The number of ether oxygens (including phenoxy) is 1. The van der Waals surface area contributed by atoms with Crippen LogP contribution in [-0.2, 0) is 21.2 Å². The molecule has 0 aromatic heterocycles. The maximum Gasteiger partial charge on any atom is 0.264 e. The number of amides is 2. The first kappa shape index (κ1) is 22.6. The molecule has 2 atom stereocenters. The maximum absolute atomic E-state index is 13.0. The summed E-state index contributed by atoms with van der Waals surface area (Å²) in [4.78, 5) is 26.5. The van der Waals surface area contributed by atoms with Gasteiger partial charge in [-0.2, -0.15) is 0 Å². The lowest BCUT2D eigenvalue weighted by Crippen LogP contribution is -2.56. The van der Waals surface area contributed by atoms with Crippen molar-refractivity contribution in [3.05, 3.63) is 53.6 Å². The van der Waals surface area contributed by atoms with E-state index in [1.54, 1.807) is 25.0 Å². The van der Waals surface area contributed by atoms with Crippen LogP contribution in [-0.4, -0.2) is 50.4 Å². The Bertz CT molecular complexity index is 1100. The lowest BCUT2D eigenvalue weighted by atomic mass is 10.1. The van der Waals surface area contributed by atoms with Crippen molar-refractivity contribution >= 4 is 27.3 Å². The largest absolute Gasteiger partial charge is 0.497 e. The van der Waals surface area contributed by atoms with Gasteiger partial charge in [0.05, 0.1) is 23.7 Å². The standard InChI is InChI=1S/C21H25N3O6S/c1-4-24-13(2)19(21(26)23-27)31(28,29)18-9-8-15(11-17(18)24)20(25)22-12-14-6-5-7-16(10-14)30-3/h5-11,13,19,27H,4,12H2,1-3H3,(H,22,25)(H,23,26). The second-order valence-corrected chi connectivity index (χ2v) is 9.22. The Kier molecular flexibility index (Phi) is 6.51. The van der Waals surface area contributed by atoms with Crippen LogP contribution >= 0.6 is 0 Å². The normalized spacial score (nSPS) is 19.3. The number of nitrogens with zero attached hydrogens (tertiary/aromatic N) is 1. The van der Waals surface area contributed by atoms with Gasteiger partial charge in [0.15, 0.2) is 15.1 Å². The summed E-state index contributed by atoms with van der Waals surface area (Å²) in [6.45, 7) is 4.10. The lowest BCUT2D eigenvalue weighted by molar-refractivity contribution is -0.129. The fraction of sp³-hybridized carbons (Fsp3) is 0.333. The molecule has 2 aromatic carbocycles. The van der Waals surface area contributed by atoms with Crippen molar-refractivity contribution < 1.29 is 28.0 Å². The third-order valence-electron chi connectivity index (χ3n) is 5.40. The molecule has 0 saturated heterocycles. The van der Waals surface area contributed by atoms with Crippen LogP contribution in [0.25, 0.3) is 0 Å². The van der Waals surface area contributed by atoms with Crippen molar-refractivity contribution in [1.29, 1.82) is 0 Å². The van der Waals surface area contributed by atoms with Crippen LogP contribution in [0.2, 0.25) is 0 Å². The zero-order chi connectivity index (χ0) is 22.8. The van der Waals surface area contributed by atoms with Crippen molar-refractivity contribution in [1.82, 2.24) is 10.8 Å². The fourth-order valence-corrected chi connectivity index (χ4v) is 5.85. The predicted molar refractivity (Wildman–Crippen MR) is 114 cm³/mol. The van der Waals surface area contributed by atoms with Crippen LogP contribution in [0.5, 0.6) is 5.75 Å². The first-order valence-corrected chi connectivity index (χ1v) is 11.3. The quantitative estimate of drug-likeness (QED) is 0.453. The van der Waals surface area contributed by atoms with Gasteiger partial charge in [0.1, 0.15) is 5.75 Å². The lowest BCUT2D eigenvalue weighted by Gasteiger charge is -2.40. The van der Waals surface area contributed by atoms with Gasteiger partial charge in [-0.15, -0.1) is 0 Å². The minimum Gasteiger partial charge on any atom is -0.497 e. The number of hydrogen-bond acceptors (Lipinski definition) is 7. The van der Waals surface area contributed by atoms with E-state index in [1.165, 1.54) is 23.7 Å². The highest BCUT2D eigenvalue weighted by Crippen LogP contribution is 2.38.